The monoisotopic (exact) mass is 322 g/mol. The van der Waals surface area contributed by atoms with Crippen LogP contribution in [-0.2, 0) is 18.5 Å². The Labute approximate surface area is 141 Å². The zero-order valence-electron chi connectivity index (χ0n) is 13.8. The van der Waals surface area contributed by atoms with Gasteiger partial charge in [-0.15, -0.1) is 5.10 Å². The molecule has 6 heteroatoms. The minimum Gasteiger partial charge on any atom is -0.270 e. The molecule has 2 heterocycles. The number of hydrogen-bond acceptors (Lipinski definition) is 4. The Bertz CT molecular complexity index is 759. The van der Waals surface area contributed by atoms with E-state index in [0.717, 1.165) is 24.3 Å². The van der Waals surface area contributed by atoms with Gasteiger partial charge in [0, 0.05) is 17.8 Å². The van der Waals surface area contributed by atoms with Gasteiger partial charge in [-0.3, -0.25) is 9.36 Å². The maximum Gasteiger partial charge on any atom is 0.102 e. The highest BCUT2D eigenvalue weighted by Gasteiger charge is 2.52. The molecule has 0 radical (unpaired) electrons. The first kappa shape index (κ1) is 14.2. The molecule has 4 fully saturated rings. The van der Waals surface area contributed by atoms with E-state index in [1.165, 1.54) is 44.2 Å². The highest BCUT2D eigenvalue weighted by molar-refractivity contribution is 5.22. The van der Waals surface area contributed by atoms with E-state index in [4.69, 9.17) is 5.26 Å². The molecule has 2 aromatic rings. The van der Waals surface area contributed by atoms with Crippen molar-refractivity contribution in [2.45, 2.75) is 57.0 Å². The van der Waals surface area contributed by atoms with Crippen LogP contribution in [0.2, 0.25) is 0 Å². The molecule has 4 aliphatic rings. The molecule has 2 aromatic heterocycles. The van der Waals surface area contributed by atoms with E-state index in [9.17, 15) is 0 Å². The molecule has 0 aliphatic heterocycles. The summed E-state index contributed by atoms with van der Waals surface area (Å²) in [6, 6.07) is 2.11. The van der Waals surface area contributed by atoms with Gasteiger partial charge in [0.2, 0.25) is 0 Å². The summed E-state index contributed by atoms with van der Waals surface area (Å²) in [7, 11) is 0. The average Bonchev–Trinajstić information content (AvgIpc) is 3.21. The van der Waals surface area contributed by atoms with Crippen LogP contribution in [-0.4, -0.2) is 24.8 Å². The maximum absolute atomic E-state index is 8.86. The van der Waals surface area contributed by atoms with Gasteiger partial charge in [0.25, 0.3) is 0 Å². The van der Waals surface area contributed by atoms with Crippen LogP contribution in [0.1, 0.15) is 49.8 Å². The molecule has 0 spiro atoms. The zero-order chi connectivity index (χ0) is 16.1. The lowest BCUT2D eigenvalue weighted by Crippen LogP contribution is -2.48. The summed E-state index contributed by atoms with van der Waals surface area (Å²) in [5.74, 6) is 2.78. The summed E-state index contributed by atoms with van der Waals surface area (Å²) in [4.78, 5) is 0. The Morgan fingerprint density at radius 3 is 2.33 bits per heavy atom. The Balaban J connectivity index is 1.31. The highest BCUT2D eigenvalue weighted by atomic mass is 15.4. The minimum absolute atomic E-state index is 0.312. The lowest BCUT2D eigenvalue weighted by molar-refractivity contribution is -0.00725. The summed E-state index contributed by atoms with van der Waals surface area (Å²) < 4.78 is 3.74. The first-order chi connectivity index (χ1) is 11.7. The molecular formula is C18H22N6. The molecule has 6 nitrogen and oxygen atoms in total. The Hall–Kier alpha value is -2.16. The molecule has 24 heavy (non-hydrogen) atoms. The third-order valence-corrected chi connectivity index (χ3v) is 6.44. The van der Waals surface area contributed by atoms with Gasteiger partial charge in [0.05, 0.1) is 30.5 Å². The second-order valence-electron chi connectivity index (χ2n) is 8.17. The maximum atomic E-state index is 8.86. The van der Waals surface area contributed by atoms with Crippen LogP contribution in [0.3, 0.4) is 0 Å². The van der Waals surface area contributed by atoms with Gasteiger partial charge in [-0.05, 0) is 56.3 Å². The largest absolute Gasteiger partial charge is 0.270 e. The van der Waals surface area contributed by atoms with E-state index in [2.05, 4.69) is 27.7 Å². The fraction of sp³-hybridized carbons (Fsp3) is 0.667. The Morgan fingerprint density at radius 1 is 1.04 bits per heavy atom. The van der Waals surface area contributed by atoms with Crippen molar-refractivity contribution in [3.8, 4) is 6.07 Å². The summed E-state index contributed by atoms with van der Waals surface area (Å²) >= 11 is 0. The molecule has 4 aliphatic carbocycles. The van der Waals surface area contributed by atoms with Crippen LogP contribution in [0.15, 0.2) is 18.6 Å². The lowest BCUT2D eigenvalue weighted by atomic mass is 9.49. The number of aromatic nitrogens is 5. The van der Waals surface area contributed by atoms with Crippen molar-refractivity contribution in [1.82, 2.24) is 24.8 Å². The van der Waals surface area contributed by atoms with Crippen LogP contribution in [0.4, 0.5) is 0 Å². The van der Waals surface area contributed by atoms with Gasteiger partial charge in [-0.1, -0.05) is 5.21 Å². The average molecular weight is 322 g/mol. The minimum atomic E-state index is 0.312. The first-order valence-corrected chi connectivity index (χ1v) is 9.06. The third kappa shape index (κ3) is 2.26. The summed E-state index contributed by atoms with van der Waals surface area (Å²) in [5.41, 5.74) is 2.13. The van der Waals surface area contributed by atoms with Crippen LogP contribution in [0.25, 0.3) is 0 Å². The van der Waals surface area contributed by atoms with Crippen LogP contribution < -0.4 is 0 Å². The first-order valence-electron chi connectivity index (χ1n) is 9.06. The summed E-state index contributed by atoms with van der Waals surface area (Å²) in [6.07, 6.45) is 13.9. The number of nitrogens with zero attached hydrogens (tertiary/aromatic N) is 6. The lowest BCUT2D eigenvalue weighted by Gasteiger charge is -2.56. The molecule has 0 amide bonds. The van der Waals surface area contributed by atoms with Gasteiger partial charge in [0.1, 0.15) is 6.07 Å². The molecule has 0 atom stereocenters. The van der Waals surface area contributed by atoms with E-state index in [1.807, 2.05) is 4.68 Å². The zero-order valence-corrected chi connectivity index (χ0v) is 13.8. The third-order valence-electron chi connectivity index (χ3n) is 6.44. The van der Waals surface area contributed by atoms with Crippen LogP contribution >= 0.6 is 0 Å². The van der Waals surface area contributed by atoms with E-state index in [-0.39, 0.29) is 0 Å². The molecule has 6 rings (SSSR count). The van der Waals surface area contributed by atoms with E-state index < -0.39 is 0 Å². The van der Waals surface area contributed by atoms with Crippen molar-refractivity contribution in [2.75, 3.05) is 0 Å². The number of nitriles is 1. The SMILES string of the molecule is N#Cc1cnn(CCn2cc(C34CC5CC(CC(C5)C3)C4)nn2)c1. The second-order valence-corrected chi connectivity index (χ2v) is 8.17. The second kappa shape index (κ2) is 5.17. The molecule has 124 valence electrons. The Morgan fingerprint density at radius 2 is 1.71 bits per heavy atom. The van der Waals surface area contributed by atoms with Gasteiger partial charge >= 0.3 is 0 Å². The molecule has 4 saturated carbocycles. The topological polar surface area (TPSA) is 72.3 Å². The fourth-order valence-electron chi connectivity index (χ4n) is 5.82. The summed E-state index contributed by atoms with van der Waals surface area (Å²) in [6.45, 7) is 1.46. The van der Waals surface area contributed by atoms with Crippen molar-refractivity contribution >= 4 is 0 Å². The van der Waals surface area contributed by atoms with Crippen molar-refractivity contribution < 1.29 is 0 Å². The van der Waals surface area contributed by atoms with Crippen molar-refractivity contribution in [3.05, 3.63) is 29.8 Å². The van der Waals surface area contributed by atoms with Gasteiger partial charge in [-0.25, -0.2) is 0 Å². The van der Waals surface area contributed by atoms with Crippen molar-refractivity contribution in [2.24, 2.45) is 17.8 Å². The molecule has 0 aromatic carbocycles. The molecule has 4 bridgehead atoms. The highest BCUT2D eigenvalue weighted by Crippen LogP contribution is 2.60. The van der Waals surface area contributed by atoms with Gasteiger partial charge in [-0.2, -0.15) is 10.4 Å². The molecule has 0 N–H and O–H groups in total. The quantitative estimate of drug-likeness (QED) is 0.867. The van der Waals surface area contributed by atoms with E-state index >= 15 is 0 Å². The van der Waals surface area contributed by atoms with Crippen LogP contribution in [0.5, 0.6) is 0 Å². The number of hydrogen-bond donors (Lipinski definition) is 0. The predicted molar refractivity (Wildman–Crippen MR) is 86.8 cm³/mol. The van der Waals surface area contributed by atoms with E-state index in [1.54, 1.807) is 17.1 Å². The van der Waals surface area contributed by atoms with Crippen molar-refractivity contribution in [3.63, 3.8) is 0 Å². The number of rotatable bonds is 4. The Kier molecular flexibility index (Phi) is 3.06. The van der Waals surface area contributed by atoms with Crippen LogP contribution in [0, 0.1) is 29.1 Å². The van der Waals surface area contributed by atoms with Gasteiger partial charge in [0.15, 0.2) is 0 Å². The van der Waals surface area contributed by atoms with Crippen molar-refractivity contribution in [1.29, 1.82) is 5.26 Å². The fourth-order valence-corrected chi connectivity index (χ4v) is 5.82. The molecule has 0 unspecified atom stereocenters. The predicted octanol–water partition coefficient (Wildman–Crippen LogP) is 2.51. The van der Waals surface area contributed by atoms with E-state index in [0.29, 0.717) is 17.5 Å². The van der Waals surface area contributed by atoms with Gasteiger partial charge < -0.3 is 0 Å². The molecular weight excluding hydrogens is 300 g/mol. The number of aryl methyl sites for hydroxylation is 2. The molecule has 0 saturated heterocycles. The normalized spacial score (nSPS) is 33.7. The standard InChI is InChI=1S/C18H22N6/c19-9-16-10-20-23(11-16)1-2-24-12-17(21-22-24)18-6-13-3-14(7-18)5-15(4-13)8-18/h10-15H,1-8H2. The smallest absolute Gasteiger partial charge is 0.102 e. The summed E-state index contributed by atoms with van der Waals surface area (Å²) in [5, 5.41) is 22.0.